The standard InChI is InChI=1S/C28H46N2O3/c1-3-4-5-6-11-16-21-29-26(20-13-10-8-7-9-12-17-23(2)31)30-27(32)22-24-18-14-15-19-25(24)28(30)33/h14-15,18-19,23,26,29,31H,3-13,16-17,20-22H2,1-2H3. The van der Waals surface area contributed by atoms with Gasteiger partial charge >= 0.3 is 0 Å². The second-order valence-corrected chi connectivity index (χ2v) is 9.69. The molecule has 2 rings (SSSR count). The van der Waals surface area contributed by atoms with Crippen molar-refractivity contribution in [3.05, 3.63) is 35.4 Å². The van der Waals surface area contributed by atoms with Crippen LogP contribution in [0.15, 0.2) is 24.3 Å². The number of nitrogens with one attached hydrogen (secondary N) is 1. The maximum Gasteiger partial charge on any atom is 0.262 e. The van der Waals surface area contributed by atoms with Crippen LogP contribution in [0.3, 0.4) is 0 Å². The van der Waals surface area contributed by atoms with Crippen molar-refractivity contribution in [2.24, 2.45) is 0 Å². The molecule has 1 aliphatic rings. The highest BCUT2D eigenvalue weighted by Crippen LogP contribution is 2.23. The van der Waals surface area contributed by atoms with Crippen LogP contribution in [0.25, 0.3) is 0 Å². The number of unbranched alkanes of at least 4 members (excludes halogenated alkanes) is 10. The zero-order valence-corrected chi connectivity index (χ0v) is 21.0. The molecule has 2 amide bonds. The fourth-order valence-electron chi connectivity index (χ4n) is 4.67. The predicted molar refractivity (Wildman–Crippen MR) is 135 cm³/mol. The van der Waals surface area contributed by atoms with E-state index in [1.165, 1.54) is 43.4 Å². The lowest BCUT2D eigenvalue weighted by molar-refractivity contribution is -0.131. The third-order valence-corrected chi connectivity index (χ3v) is 6.65. The van der Waals surface area contributed by atoms with Gasteiger partial charge in [0.25, 0.3) is 5.91 Å². The van der Waals surface area contributed by atoms with E-state index in [9.17, 15) is 14.7 Å². The number of hydrogen-bond acceptors (Lipinski definition) is 4. The first-order valence-corrected chi connectivity index (χ1v) is 13.4. The average Bonchev–Trinajstić information content (AvgIpc) is 2.79. The zero-order valence-electron chi connectivity index (χ0n) is 21.0. The fraction of sp³-hybridized carbons (Fsp3) is 0.714. The molecule has 1 aromatic carbocycles. The number of carbonyl (C=O) groups excluding carboxylic acids is 2. The van der Waals surface area contributed by atoms with Gasteiger partial charge in [-0.15, -0.1) is 0 Å². The summed E-state index contributed by atoms with van der Waals surface area (Å²) in [6.45, 7) is 4.92. The van der Waals surface area contributed by atoms with Crippen molar-refractivity contribution in [3.8, 4) is 0 Å². The highest BCUT2D eigenvalue weighted by atomic mass is 16.3. The summed E-state index contributed by atoms with van der Waals surface area (Å²) in [7, 11) is 0. The van der Waals surface area contributed by atoms with Crippen LogP contribution in [0, 0.1) is 0 Å². The molecule has 5 heteroatoms. The Balaban J connectivity index is 1.85. The number of aliphatic hydroxyl groups is 1. The second-order valence-electron chi connectivity index (χ2n) is 9.69. The van der Waals surface area contributed by atoms with Crippen LogP contribution in [-0.4, -0.2) is 40.6 Å². The zero-order chi connectivity index (χ0) is 23.9. The number of aliphatic hydroxyl groups excluding tert-OH is 1. The molecule has 0 aromatic heterocycles. The topological polar surface area (TPSA) is 69.6 Å². The van der Waals surface area contributed by atoms with E-state index in [4.69, 9.17) is 0 Å². The van der Waals surface area contributed by atoms with Crippen LogP contribution < -0.4 is 5.32 Å². The Labute approximate surface area is 201 Å². The first-order valence-electron chi connectivity index (χ1n) is 13.4. The minimum absolute atomic E-state index is 0.0859. The monoisotopic (exact) mass is 458 g/mol. The van der Waals surface area contributed by atoms with Gasteiger partial charge in [-0.2, -0.15) is 0 Å². The fourth-order valence-corrected chi connectivity index (χ4v) is 4.67. The maximum atomic E-state index is 13.2. The molecule has 0 saturated heterocycles. The summed E-state index contributed by atoms with van der Waals surface area (Å²) in [5.41, 5.74) is 1.51. The van der Waals surface area contributed by atoms with E-state index in [0.717, 1.165) is 63.5 Å². The van der Waals surface area contributed by atoms with E-state index in [1.807, 2.05) is 31.2 Å². The third-order valence-electron chi connectivity index (χ3n) is 6.65. The van der Waals surface area contributed by atoms with E-state index in [0.29, 0.717) is 12.0 Å². The quantitative estimate of drug-likeness (QED) is 0.209. The van der Waals surface area contributed by atoms with Crippen LogP contribution >= 0.6 is 0 Å². The Morgan fingerprint density at radius 2 is 1.48 bits per heavy atom. The van der Waals surface area contributed by atoms with Gasteiger partial charge in [-0.25, -0.2) is 0 Å². The molecule has 1 heterocycles. The number of hydrogen-bond donors (Lipinski definition) is 2. The smallest absolute Gasteiger partial charge is 0.262 e. The SMILES string of the molecule is CCCCCCCCNC(CCCCCCCCC(C)O)N1C(=O)Cc2ccccc2C1=O. The molecule has 2 atom stereocenters. The van der Waals surface area contributed by atoms with Gasteiger partial charge in [0.05, 0.1) is 18.7 Å². The van der Waals surface area contributed by atoms with Crippen molar-refractivity contribution in [2.45, 2.75) is 122 Å². The molecule has 33 heavy (non-hydrogen) atoms. The molecule has 2 N–H and O–H groups in total. The predicted octanol–water partition coefficient (Wildman–Crippen LogP) is 5.99. The number of carbonyl (C=O) groups is 2. The first-order chi connectivity index (χ1) is 16.0. The van der Waals surface area contributed by atoms with Crippen LogP contribution in [0.1, 0.15) is 120 Å². The Kier molecular flexibility index (Phi) is 13.3. The molecule has 5 nitrogen and oxygen atoms in total. The number of fused-ring (bicyclic) bond motifs is 1. The summed E-state index contributed by atoms with van der Waals surface area (Å²) in [4.78, 5) is 27.6. The van der Waals surface area contributed by atoms with Crippen molar-refractivity contribution in [3.63, 3.8) is 0 Å². The Morgan fingerprint density at radius 1 is 0.879 bits per heavy atom. The van der Waals surface area contributed by atoms with E-state index in [2.05, 4.69) is 12.2 Å². The van der Waals surface area contributed by atoms with Crippen molar-refractivity contribution >= 4 is 11.8 Å². The number of rotatable bonds is 18. The highest BCUT2D eigenvalue weighted by molar-refractivity contribution is 6.09. The molecule has 0 spiro atoms. The Morgan fingerprint density at radius 3 is 2.18 bits per heavy atom. The number of benzene rings is 1. The maximum absolute atomic E-state index is 13.2. The Hall–Kier alpha value is -1.72. The molecule has 1 aromatic rings. The van der Waals surface area contributed by atoms with Crippen molar-refractivity contribution in [2.75, 3.05) is 6.54 Å². The van der Waals surface area contributed by atoms with Gasteiger partial charge in [0, 0.05) is 5.56 Å². The summed E-state index contributed by atoms with van der Waals surface area (Å²) in [5.74, 6) is -0.238. The molecule has 0 aliphatic carbocycles. The van der Waals surface area contributed by atoms with Crippen LogP contribution in [0.5, 0.6) is 0 Å². The molecular formula is C28H46N2O3. The summed E-state index contributed by atoms with van der Waals surface area (Å²) in [6.07, 6.45) is 15.6. The van der Waals surface area contributed by atoms with Gasteiger partial charge in [-0.1, -0.05) is 95.8 Å². The van der Waals surface area contributed by atoms with E-state index >= 15 is 0 Å². The van der Waals surface area contributed by atoms with Gasteiger partial charge in [-0.3, -0.25) is 19.8 Å². The van der Waals surface area contributed by atoms with Crippen LogP contribution in [0.4, 0.5) is 0 Å². The summed E-state index contributed by atoms with van der Waals surface area (Å²) in [5, 5.41) is 12.9. The molecular weight excluding hydrogens is 412 g/mol. The third kappa shape index (κ3) is 9.97. The van der Waals surface area contributed by atoms with Gasteiger partial charge in [0.2, 0.25) is 5.91 Å². The Bertz CT molecular complexity index is 704. The molecule has 186 valence electrons. The normalized spacial score (nSPS) is 15.5. The lowest BCUT2D eigenvalue weighted by atomic mass is 9.97. The van der Waals surface area contributed by atoms with Gasteiger partial charge < -0.3 is 5.11 Å². The van der Waals surface area contributed by atoms with Crippen LogP contribution in [-0.2, 0) is 11.2 Å². The van der Waals surface area contributed by atoms with Crippen molar-refractivity contribution in [1.82, 2.24) is 10.2 Å². The second kappa shape index (κ2) is 16.0. The molecule has 0 radical (unpaired) electrons. The van der Waals surface area contributed by atoms with Gasteiger partial charge in [0.15, 0.2) is 0 Å². The van der Waals surface area contributed by atoms with Crippen molar-refractivity contribution in [1.29, 1.82) is 0 Å². The van der Waals surface area contributed by atoms with Gasteiger partial charge in [0.1, 0.15) is 0 Å². The summed E-state index contributed by atoms with van der Waals surface area (Å²) in [6, 6.07) is 7.50. The van der Waals surface area contributed by atoms with Crippen molar-refractivity contribution < 1.29 is 14.7 Å². The largest absolute Gasteiger partial charge is 0.393 e. The minimum atomic E-state index is -0.218. The van der Waals surface area contributed by atoms with Crippen LogP contribution in [0.2, 0.25) is 0 Å². The van der Waals surface area contributed by atoms with E-state index in [1.54, 1.807) is 0 Å². The minimum Gasteiger partial charge on any atom is -0.393 e. The average molecular weight is 459 g/mol. The molecule has 0 bridgehead atoms. The first kappa shape index (κ1) is 27.5. The highest BCUT2D eigenvalue weighted by Gasteiger charge is 2.35. The summed E-state index contributed by atoms with van der Waals surface area (Å²) < 4.78 is 0. The molecule has 0 fully saturated rings. The molecule has 2 unspecified atom stereocenters. The number of nitrogens with zero attached hydrogens (tertiary/aromatic N) is 1. The molecule has 1 aliphatic heterocycles. The lowest BCUT2D eigenvalue weighted by Gasteiger charge is -2.34. The molecule has 0 saturated carbocycles. The summed E-state index contributed by atoms with van der Waals surface area (Å²) >= 11 is 0. The lowest BCUT2D eigenvalue weighted by Crippen LogP contribution is -2.54. The number of amides is 2. The van der Waals surface area contributed by atoms with E-state index < -0.39 is 0 Å². The number of imide groups is 1. The van der Waals surface area contributed by atoms with Gasteiger partial charge in [-0.05, 0) is 44.4 Å². The van der Waals surface area contributed by atoms with E-state index in [-0.39, 0.29) is 24.1 Å².